The van der Waals surface area contributed by atoms with E-state index in [1.807, 2.05) is 25.8 Å². The quantitative estimate of drug-likeness (QED) is 0.682. The van der Waals surface area contributed by atoms with Gasteiger partial charge in [0, 0.05) is 32.0 Å². The molecule has 0 rings (SSSR count). The Morgan fingerprint density at radius 3 is 2.20 bits per heavy atom. The lowest BCUT2D eigenvalue weighted by molar-refractivity contribution is -0.121. The maximum Gasteiger partial charge on any atom is 0.221 e. The smallest absolute Gasteiger partial charge is 0.221 e. The molecule has 15 heavy (non-hydrogen) atoms. The molecule has 4 nitrogen and oxygen atoms in total. The molecule has 0 aliphatic heterocycles. The molecule has 0 spiro atoms. The second-order valence-corrected chi connectivity index (χ2v) is 4.23. The lowest BCUT2D eigenvalue weighted by Crippen LogP contribution is -2.33. The first kappa shape index (κ1) is 14.1. The maximum absolute atomic E-state index is 11.3. The Kier molecular flexibility index (Phi) is 6.96. The maximum atomic E-state index is 11.3. The van der Waals surface area contributed by atoms with Crippen molar-refractivity contribution in [1.29, 1.82) is 0 Å². The first-order valence-corrected chi connectivity index (χ1v) is 5.39. The van der Waals surface area contributed by atoms with Gasteiger partial charge in [-0.25, -0.2) is 0 Å². The summed E-state index contributed by atoms with van der Waals surface area (Å²) >= 11 is 0. The van der Waals surface area contributed by atoms with Crippen molar-refractivity contribution in [3.05, 3.63) is 0 Å². The number of hydrogen-bond donors (Lipinski definition) is 1. The van der Waals surface area contributed by atoms with Gasteiger partial charge < -0.3 is 10.2 Å². The minimum atomic E-state index is 0.0691. The van der Waals surface area contributed by atoms with E-state index in [0.29, 0.717) is 19.4 Å². The minimum Gasteiger partial charge on any atom is -0.354 e. The summed E-state index contributed by atoms with van der Waals surface area (Å²) in [5, 5.41) is 2.83. The van der Waals surface area contributed by atoms with Gasteiger partial charge >= 0.3 is 0 Å². The first-order valence-electron chi connectivity index (χ1n) is 5.39. The van der Waals surface area contributed by atoms with E-state index in [0.717, 1.165) is 6.54 Å². The molecule has 0 heterocycles. The van der Waals surface area contributed by atoms with Crippen LogP contribution in [0.5, 0.6) is 0 Å². The van der Waals surface area contributed by atoms with E-state index in [2.05, 4.69) is 5.32 Å². The van der Waals surface area contributed by atoms with Crippen LogP contribution in [0.25, 0.3) is 0 Å². The Hall–Kier alpha value is -0.900. The molecule has 1 N–H and O–H groups in total. The third-order valence-electron chi connectivity index (χ3n) is 2.02. The molecular formula is C11H22N2O2. The summed E-state index contributed by atoms with van der Waals surface area (Å²) in [6, 6.07) is 0.194. The first-order chi connectivity index (χ1) is 6.91. The van der Waals surface area contributed by atoms with Crippen molar-refractivity contribution in [3.63, 3.8) is 0 Å². The minimum absolute atomic E-state index is 0.0691. The lowest BCUT2D eigenvalue weighted by Gasteiger charge is -2.16. The van der Waals surface area contributed by atoms with E-state index in [9.17, 15) is 9.59 Å². The predicted octanol–water partition coefficient (Wildman–Crippen LogP) is 0.812. The van der Waals surface area contributed by atoms with Gasteiger partial charge in [-0.05, 0) is 27.8 Å². The summed E-state index contributed by atoms with van der Waals surface area (Å²) in [5.41, 5.74) is 0. The monoisotopic (exact) mass is 214 g/mol. The van der Waals surface area contributed by atoms with Crippen molar-refractivity contribution in [3.8, 4) is 0 Å². The third-order valence-corrected chi connectivity index (χ3v) is 2.02. The van der Waals surface area contributed by atoms with Gasteiger partial charge in [-0.2, -0.15) is 0 Å². The van der Waals surface area contributed by atoms with Gasteiger partial charge in [0.05, 0.1) is 0 Å². The highest BCUT2D eigenvalue weighted by Gasteiger charge is 2.06. The van der Waals surface area contributed by atoms with Crippen LogP contribution in [-0.4, -0.2) is 42.8 Å². The van der Waals surface area contributed by atoms with E-state index in [-0.39, 0.29) is 17.7 Å². The zero-order valence-corrected chi connectivity index (χ0v) is 10.2. The summed E-state index contributed by atoms with van der Waals surface area (Å²) in [7, 11) is 1.92. The Balaban J connectivity index is 3.57. The number of hydrogen-bond acceptors (Lipinski definition) is 3. The predicted molar refractivity (Wildman–Crippen MR) is 60.7 cm³/mol. The fraction of sp³-hybridized carbons (Fsp3) is 0.818. The molecule has 4 heteroatoms. The van der Waals surface area contributed by atoms with Gasteiger partial charge in [-0.1, -0.05) is 0 Å². The van der Waals surface area contributed by atoms with Crippen LogP contribution >= 0.6 is 0 Å². The Bertz CT molecular complexity index is 215. The molecule has 0 fully saturated rings. The zero-order chi connectivity index (χ0) is 11.8. The van der Waals surface area contributed by atoms with E-state index < -0.39 is 0 Å². The number of ketones is 1. The molecule has 0 aliphatic carbocycles. The normalized spacial score (nSPS) is 10.8. The SMILES string of the molecule is CC(=O)CCN(C)CCC(=O)NC(C)C. The van der Waals surface area contributed by atoms with E-state index in [1.54, 1.807) is 6.92 Å². The molecule has 0 bridgehead atoms. The molecule has 0 unspecified atom stereocenters. The number of Topliss-reactive ketones (excluding diaryl/α,β-unsaturated/α-hetero) is 1. The highest BCUT2D eigenvalue weighted by molar-refractivity contribution is 5.76. The van der Waals surface area contributed by atoms with E-state index in [4.69, 9.17) is 0 Å². The fourth-order valence-corrected chi connectivity index (χ4v) is 1.15. The highest BCUT2D eigenvalue weighted by atomic mass is 16.1. The molecule has 0 aromatic rings. The highest BCUT2D eigenvalue weighted by Crippen LogP contribution is 1.92. The van der Waals surface area contributed by atoms with Crippen molar-refractivity contribution in [2.45, 2.75) is 39.7 Å². The summed E-state index contributed by atoms with van der Waals surface area (Å²) in [6.07, 6.45) is 1.05. The number of carbonyl (C=O) groups is 2. The van der Waals surface area contributed by atoms with Crippen molar-refractivity contribution in [2.24, 2.45) is 0 Å². The molecule has 0 atom stereocenters. The lowest BCUT2D eigenvalue weighted by atomic mass is 10.3. The average molecular weight is 214 g/mol. The van der Waals surface area contributed by atoms with Gasteiger partial charge in [0.2, 0.25) is 5.91 Å². The summed E-state index contributed by atoms with van der Waals surface area (Å²) in [4.78, 5) is 24.0. The topological polar surface area (TPSA) is 49.4 Å². The van der Waals surface area contributed by atoms with Crippen LogP contribution in [0.2, 0.25) is 0 Å². The molecule has 0 aromatic heterocycles. The van der Waals surface area contributed by atoms with Gasteiger partial charge in [0.15, 0.2) is 0 Å². The van der Waals surface area contributed by atoms with Crippen molar-refractivity contribution >= 4 is 11.7 Å². The van der Waals surface area contributed by atoms with Gasteiger partial charge in [0.1, 0.15) is 5.78 Å². The number of nitrogens with one attached hydrogen (secondary N) is 1. The Morgan fingerprint density at radius 1 is 1.20 bits per heavy atom. The molecule has 0 saturated heterocycles. The molecule has 0 radical (unpaired) electrons. The molecule has 0 aromatic carbocycles. The van der Waals surface area contributed by atoms with Crippen molar-refractivity contribution < 1.29 is 9.59 Å². The molecule has 1 amide bonds. The molecule has 88 valence electrons. The van der Waals surface area contributed by atoms with E-state index >= 15 is 0 Å². The van der Waals surface area contributed by atoms with Crippen LogP contribution < -0.4 is 5.32 Å². The second kappa shape index (κ2) is 7.40. The van der Waals surface area contributed by atoms with Crippen LogP contribution in [0.4, 0.5) is 0 Å². The van der Waals surface area contributed by atoms with Crippen molar-refractivity contribution in [2.75, 3.05) is 20.1 Å². The standard InChI is InChI=1S/C11H22N2O2/c1-9(2)12-11(15)6-8-13(4)7-5-10(3)14/h9H,5-8H2,1-4H3,(H,12,15). The van der Waals surface area contributed by atoms with Crippen LogP contribution in [0.15, 0.2) is 0 Å². The van der Waals surface area contributed by atoms with Gasteiger partial charge in [-0.15, -0.1) is 0 Å². The van der Waals surface area contributed by atoms with Crippen molar-refractivity contribution in [1.82, 2.24) is 10.2 Å². The van der Waals surface area contributed by atoms with E-state index in [1.165, 1.54) is 0 Å². The Labute approximate surface area is 92.0 Å². The fourth-order valence-electron chi connectivity index (χ4n) is 1.15. The molecule has 0 aliphatic rings. The van der Waals surface area contributed by atoms with Crippen LogP contribution in [0.1, 0.15) is 33.6 Å². The summed E-state index contributed by atoms with van der Waals surface area (Å²) < 4.78 is 0. The number of amides is 1. The van der Waals surface area contributed by atoms with Crippen LogP contribution in [0, 0.1) is 0 Å². The zero-order valence-electron chi connectivity index (χ0n) is 10.2. The summed E-state index contributed by atoms with van der Waals surface area (Å²) in [5.74, 6) is 0.258. The molecule has 0 saturated carbocycles. The number of carbonyl (C=O) groups excluding carboxylic acids is 2. The average Bonchev–Trinajstić information content (AvgIpc) is 2.10. The van der Waals surface area contributed by atoms with Crippen LogP contribution in [-0.2, 0) is 9.59 Å². The number of nitrogens with zero attached hydrogens (tertiary/aromatic N) is 1. The van der Waals surface area contributed by atoms with Gasteiger partial charge in [-0.3, -0.25) is 9.59 Å². The second-order valence-electron chi connectivity index (χ2n) is 4.23. The number of rotatable bonds is 7. The van der Waals surface area contributed by atoms with Gasteiger partial charge in [0.25, 0.3) is 0 Å². The third kappa shape index (κ3) is 9.41. The van der Waals surface area contributed by atoms with Crippen LogP contribution in [0.3, 0.4) is 0 Å². The summed E-state index contributed by atoms with van der Waals surface area (Å²) in [6.45, 7) is 6.89. The largest absolute Gasteiger partial charge is 0.354 e. The molecular weight excluding hydrogens is 192 g/mol. The Morgan fingerprint density at radius 2 is 1.73 bits per heavy atom.